The van der Waals surface area contributed by atoms with E-state index in [-0.39, 0.29) is 41.6 Å². The summed E-state index contributed by atoms with van der Waals surface area (Å²) in [6.45, 7) is 5.60. The summed E-state index contributed by atoms with van der Waals surface area (Å²) in [6, 6.07) is 0. The van der Waals surface area contributed by atoms with Gasteiger partial charge in [0.05, 0.1) is 12.2 Å². The van der Waals surface area contributed by atoms with Crippen molar-refractivity contribution in [3.8, 4) is 17.2 Å². The van der Waals surface area contributed by atoms with Crippen LogP contribution in [0.3, 0.4) is 0 Å². The molecule has 2 aliphatic carbocycles. The highest BCUT2D eigenvalue weighted by Crippen LogP contribution is 2.61. The maximum atomic E-state index is 13.0. The molecule has 0 aromatic heterocycles. The molecule has 1 fully saturated rings. The van der Waals surface area contributed by atoms with Gasteiger partial charge in [-0.2, -0.15) is 0 Å². The zero-order valence-electron chi connectivity index (χ0n) is 15.2. The fourth-order valence-corrected chi connectivity index (χ4v) is 5.31. The maximum Gasteiger partial charge on any atom is 0.231 e. The SMILES string of the molecule is CC1(C)CCC[C@@]2(C)C1=C(O)C(=O)c1c(O)c3c(c(O)c12)O[C@@H](CO)C3. The summed E-state index contributed by atoms with van der Waals surface area (Å²) in [6.07, 6.45) is 1.96. The number of aromatic hydroxyl groups is 2. The minimum atomic E-state index is -0.771. The van der Waals surface area contributed by atoms with Crippen LogP contribution in [-0.2, 0) is 11.8 Å². The zero-order chi connectivity index (χ0) is 19.0. The quantitative estimate of drug-likeness (QED) is 0.574. The zero-order valence-corrected chi connectivity index (χ0v) is 15.2. The van der Waals surface area contributed by atoms with E-state index in [2.05, 4.69) is 0 Å². The van der Waals surface area contributed by atoms with E-state index in [0.717, 1.165) is 12.8 Å². The molecule has 3 aliphatic rings. The molecule has 2 atom stereocenters. The summed E-state index contributed by atoms with van der Waals surface area (Å²) >= 11 is 0. The number of fused-ring (bicyclic) bond motifs is 4. The van der Waals surface area contributed by atoms with Gasteiger partial charge in [0, 0.05) is 23.0 Å². The Balaban J connectivity index is 2.05. The highest BCUT2D eigenvalue weighted by molar-refractivity contribution is 6.13. The Morgan fingerprint density at radius 2 is 1.81 bits per heavy atom. The highest BCUT2D eigenvalue weighted by Gasteiger charge is 2.53. The van der Waals surface area contributed by atoms with E-state index >= 15 is 0 Å². The number of Topliss-reactive ketones (excluding diaryl/α,β-unsaturated/α-hetero) is 1. The third-order valence-electron chi connectivity index (χ3n) is 6.36. The molecular weight excluding hydrogens is 336 g/mol. The molecule has 4 N–H and O–H groups in total. The van der Waals surface area contributed by atoms with Crippen molar-refractivity contribution in [2.24, 2.45) is 5.41 Å². The van der Waals surface area contributed by atoms with Gasteiger partial charge < -0.3 is 25.2 Å². The number of hydrogen-bond acceptors (Lipinski definition) is 6. The average Bonchev–Trinajstić information content (AvgIpc) is 3.00. The van der Waals surface area contributed by atoms with Gasteiger partial charge >= 0.3 is 0 Å². The molecule has 26 heavy (non-hydrogen) atoms. The van der Waals surface area contributed by atoms with E-state index in [9.17, 15) is 25.2 Å². The molecule has 1 aliphatic heterocycles. The number of phenols is 2. The summed E-state index contributed by atoms with van der Waals surface area (Å²) in [5.74, 6) is -1.27. The van der Waals surface area contributed by atoms with Crippen molar-refractivity contribution in [1.29, 1.82) is 0 Å². The number of ether oxygens (including phenoxy) is 1. The third kappa shape index (κ3) is 1.93. The van der Waals surface area contributed by atoms with E-state index in [1.54, 1.807) is 0 Å². The summed E-state index contributed by atoms with van der Waals surface area (Å²) < 4.78 is 5.62. The number of ketones is 1. The van der Waals surface area contributed by atoms with Gasteiger partial charge in [0.1, 0.15) is 11.9 Å². The first-order valence-corrected chi connectivity index (χ1v) is 9.01. The van der Waals surface area contributed by atoms with Gasteiger partial charge in [-0.3, -0.25) is 4.79 Å². The molecular formula is C20H24O6. The molecule has 6 nitrogen and oxygen atoms in total. The van der Waals surface area contributed by atoms with Gasteiger partial charge in [-0.15, -0.1) is 0 Å². The van der Waals surface area contributed by atoms with Crippen LogP contribution in [-0.4, -0.2) is 38.9 Å². The molecule has 0 amide bonds. The lowest BCUT2D eigenvalue weighted by Crippen LogP contribution is -2.43. The van der Waals surface area contributed by atoms with Crippen LogP contribution in [0.25, 0.3) is 0 Å². The molecule has 1 aromatic carbocycles. The van der Waals surface area contributed by atoms with Gasteiger partial charge in [0.2, 0.25) is 5.78 Å². The van der Waals surface area contributed by atoms with Crippen molar-refractivity contribution >= 4 is 5.78 Å². The lowest BCUT2D eigenvalue weighted by Gasteiger charge is -2.49. The molecule has 1 saturated carbocycles. The van der Waals surface area contributed by atoms with Gasteiger partial charge in [-0.05, 0) is 23.8 Å². The first-order chi connectivity index (χ1) is 12.1. The third-order valence-corrected chi connectivity index (χ3v) is 6.36. The minimum Gasteiger partial charge on any atom is -0.507 e. The molecule has 1 heterocycles. The van der Waals surface area contributed by atoms with E-state index in [4.69, 9.17) is 4.74 Å². The van der Waals surface area contributed by atoms with E-state index < -0.39 is 22.7 Å². The second kappa shape index (κ2) is 5.16. The fraction of sp³-hybridized carbons (Fsp3) is 0.550. The minimum absolute atomic E-state index is 0.0371. The first kappa shape index (κ1) is 17.2. The summed E-state index contributed by atoms with van der Waals surface area (Å²) in [7, 11) is 0. The monoisotopic (exact) mass is 360 g/mol. The van der Waals surface area contributed by atoms with Gasteiger partial charge in [-0.25, -0.2) is 0 Å². The number of rotatable bonds is 1. The number of aliphatic hydroxyl groups excluding tert-OH is 2. The normalized spacial score (nSPS) is 29.1. The molecule has 4 rings (SSSR count). The summed E-state index contributed by atoms with van der Waals surface area (Å²) in [5.41, 5.74) is 0.0401. The lowest BCUT2D eigenvalue weighted by atomic mass is 9.54. The predicted molar refractivity (Wildman–Crippen MR) is 93.9 cm³/mol. The fourth-order valence-electron chi connectivity index (χ4n) is 5.31. The average molecular weight is 360 g/mol. The van der Waals surface area contributed by atoms with E-state index in [1.807, 2.05) is 20.8 Å². The largest absolute Gasteiger partial charge is 0.507 e. The van der Waals surface area contributed by atoms with Crippen molar-refractivity contribution in [3.05, 3.63) is 28.0 Å². The molecule has 140 valence electrons. The number of aliphatic hydroxyl groups is 2. The van der Waals surface area contributed by atoms with Crippen LogP contribution in [0, 0.1) is 5.41 Å². The Morgan fingerprint density at radius 1 is 1.12 bits per heavy atom. The van der Waals surface area contributed by atoms with Crippen molar-refractivity contribution in [2.45, 2.75) is 58.0 Å². The van der Waals surface area contributed by atoms with Crippen molar-refractivity contribution in [3.63, 3.8) is 0 Å². The highest BCUT2D eigenvalue weighted by atomic mass is 16.5. The summed E-state index contributed by atoms with van der Waals surface area (Å²) in [5, 5.41) is 41.9. The Kier molecular flexibility index (Phi) is 3.42. The van der Waals surface area contributed by atoms with Crippen LogP contribution < -0.4 is 4.74 Å². The van der Waals surface area contributed by atoms with Crippen LogP contribution in [0.4, 0.5) is 0 Å². The van der Waals surface area contributed by atoms with Gasteiger partial charge in [0.25, 0.3) is 0 Å². The van der Waals surface area contributed by atoms with Gasteiger partial charge in [-0.1, -0.05) is 27.2 Å². The van der Waals surface area contributed by atoms with Crippen molar-refractivity contribution in [1.82, 2.24) is 0 Å². The van der Waals surface area contributed by atoms with Crippen LogP contribution in [0.15, 0.2) is 11.3 Å². The van der Waals surface area contributed by atoms with Crippen molar-refractivity contribution in [2.75, 3.05) is 6.61 Å². The number of benzene rings is 1. The second-order valence-electron chi connectivity index (χ2n) is 8.50. The standard InChI is InChI=1S/C20H24O6/c1-19(2)5-4-6-20(3)12-11(14(23)16(25)18(19)20)13(22)10-7-9(8-21)26-17(10)15(12)24/h9,21-22,24-25H,4-8H2,1-3H3/t9-,20-/m1/s1. The Hall–Kier alpha value is -2.21. The Labute approximate surface area is 151 Å². The Morgan fingerprint density at radius 3 is 2.46 bits per heavy atom. The smallest absolute Gasteiger partial charge is 0.231 e. The van der Waals surface area contributed by atoms with Crippen LogP contribution in [0.2, 0.25) is 0 Å². The molecule has 0 unspecified atom stereocenters. The number of carbonyl (C=O) groups is 1. The van der Waals surface area contributed by atoms with Crippen LogP contribution in [0.5, 0.6) is 17.2 Å². The molecule has 0 radical (unpaired) electrons. The maximum absolute atomic E-state index is 13.0. The van der Waals surface area contributed by atoms with E-state index in [1.165, 1.54) is 0 Å². The molecule has 0 bridgehead atoms. The van der Waals surface area contributed by atoms with E-state index in [0.29, 0.717) is 23.1 Å². The molecule has 6 heteroatoms. The van der Waals surface area contributed by atoms with Crippen LogP contribution >= 0.6 is 0 Å². The topological polar surface area (TPSA) is 107 Å². The molecule has 1 aromatic rings. The van der Waals surface area contributed by atoms with Crippen molar-refractivity contribution < 1.29 is 30.0 Å². The summed E-state index contributed by atoms with van der Waals surface area (Å²) in [4.78, 5) is 13.0. The number of allylic oxidation sites excluding steroid dienone is 2. The number of phenolic OH excluding ortho intramolecular Hbond substituents is 2. The van der Waals surface area contributed by atoms with Crippen LogP contribution in [0.1, 0.15) is 61.5 Å². The van der Waals surface area contributed by atoms with Gasteiger partial charge in [0.15, 0.2) is 17.3 Å². The molecule has 0 spiro atoms. The lowest BCUT2D eigenvalue weighted by molar-refractivity contribution is 0.0934. The number of hydrogen-bond donors (Lipinski definition) is 4. The second-order valence-corrected chi connectivity index (χ2v) is 8.50. The predicted octanol–water partition coefficient (Wildman–Crippen LogP) is 2.87. The Bertz CT molecular complexity index is 866. The first-order valence-electron chi connectivity index (χ1n) is 9.01. The molecule has 0 saturated heterocycles. The number of carbonyl (C=O) groups excluding carboxylic acids is 1.